The van der Waals surface area contributed by atoms with E-state index in [2.05, 4.69) is 11.6 Å². The van der Waals surface area contributed by atoms with Gasteiger partial charge in [0, 0.05) is 12.0 Å². The summed E-state index contributed by atoms with van der Waals surface area (Å²) in [5, 5.41) is 19.4. The van der Waals surface area contributed by atoms with Gasteiger partial charge in [-0.1, -0.05) is 12.1 Å². The van der Waals surface area contributed by atoms with Crippen molar-refractivity contribution in [1.82, 2.24) is 0 Å². The highest BCUT2D eigenvalue weighted by Crippen LogP contribution is 2.32. The van der Waals surface area contributed by atoms with E-state index >= 15 is 0 Å². The second-order valence-corrected chi connectivity index (χ2v) is 5.64. The van der Waals surface area contributed by atoms with Gasteiger partial charge in [0.05, 0.1) is 13.5 Å². The molecule has 114 valence electrons. The highest BCUT2D eigenvalue weighted by Gasteiger charge is 2.25. The van der Waals surface area contributed by atoms with Crippen molar-refractivity contribution in [2.45, 2.75) is 12.8 Å². The molecule has 0 radical (unpaired) electrons. The zero-order valence-electron chi connectivity index (χ0n) is 12.8. The number of phenols is 2. The molecule has 0 saturated heterocycles. The van der Waals surface area contributed by atoms with Gasteiger partial charge < -0.3 is 14.9 Å². The molecule has 22 heavy (non-hydrogen) atoms. The Morgan fingerprint density at radius 2 is 1.86 bits per heavy atom. The van der Waals surface area contributed by atoms with Crippen molar-refractivity contribution < 1.29 is 19.5 Å². The lowest BCUT2D eigenvalue weighted by Gasteiger charge is -2.18. The molecule has 0 saturated carbocycles. The molecule has 3 rings (SSSR count). The largest absolute Gasteiger partial charge is 0.508 e. The molecule has 0 spiro atoms. The van der Waals surface area contributed by atoms with Gasteiger partial charge in [0.2, 0.25) is 0 Å². The summed E-state index contributed by atoms with van der Waals surface area (Å²) >= 11 is 0. The fourth-order valence-corrected chi connectivity index (χ4v) is 2.92. The minimum absolute atomic E-state index is 0.190. The molecular formula is C18H20NO3+. The van der Waals surface area contributed by atoms with Crippen LogP contribution in [0.15, 0.2) is 36.4 Å². The number of phenolic OH excluding ortho intramolecular Hbond substituents is 2. The summed E-state index contributed by atoms with van der Waals surface area (Å²) in [5.74, 6) is 0.963. The van der Waals surface area contributed by atoms with Crippen LogP contribution in [0.5, 0.6) is 17.2 Å². The van der Waals surface area contributed by atoms with Gasteiger partial charge in [0.1, 0.15) is 19.3 Å². The Bertz CT molecular complexity index is 733. The van der Waals surface area contributed by atoms with Crippen LogP contribution in [0.4, 0.5) is 0 Å². The lowest BCUT2D eigenvalue weighted by atomic mass is 9.92. The molecule has 0 atom stereocenters. The van der Waals surface area contributed by atoms with E-state index in [4.69, 9.17) is 4.74 Å². The van der Waals surface area contributed by atoms with Crippen molar-refractivity contribution in [2.24, 2.45) is 0 Å². The van der Waals surface area contributed by atoms with Crippen LogP contribution in [0, 0.1) is 0 Å². The first-order chi connectivity index (χ1) is 10.6. The molecule has 0 bridgehead atoms. The van der Waals surface area contributed by atoms with Gasteiger partial charge >= 0.3 is 0 Å². The lowest BCUT2D eigenvalue weighted by Crippen LogP contribution is -2.28. The zero-order valence-corrected chi connectivity index (χ0v) is 12.8. The van der Waals surface area contributed by atoms with Crippen molar-refractivity contribution in [3.8, 4) is 17.2 Å². The van der Waals surface area contributed by atoms with Crippen molar-refractivity contribution in [1.29, 1.82) is 0 Å². The van der Waals surface area contributed by atoms with Crippen LogP contribution in [-0.2, 0) is 12.8 Å². The summed E-state index contributed by atoms with van der Waals surface area (Å²) in [4.78, 5) is 0. The van der Waals surface area contributed by atoms with E-state index in [0.29, 0.717) is 5.75 Å². The van der Waals surface area contributed by atoms with Gasteiger partial charge in [-0.25, -0.2) is 4.58 Å². The number of hydrogen-bond donors (Lipinski definition) is 2. The van der Waals surface area contributed by atoms with Crippen molar-refractivity contribution in [2.75, 3.05) is 20.7 Å². The quantitative estimate of drug-likeness (QED) is 0.855. The third-order valence-electron chi connectivity index (χ3n) is 4.20. The van der Waals surface area contributed by atoms with Crippen LogP contribution >= 0.6 is 0 Å². The van der Waals surface area contributed by atoms with E-state index in [1.165, 1.54) is 5.71 Å². The molecule has 0 amide bonds. The van der Waals surface area contributed by atoms with Gasteiger partial charge in [0.25, 0.3) is 0 Å². The summed E-state index contributed by atoms with van der Waals surface area (Å²) in [6.07, 6.45) is 1.68. The summed E-state index contributed by atoms with van der Waals surface area (Å²) < 4.78 is 7.49. The van der Waals surface area contributed by atoms with E-state index in [1.54, 1.807) is 25.3 Å². The van der Waals surface area contributed by atoms with Crippen LogP contribution in [0.2, 0.25) is 0 Å². The number of likely N-dealkylation sites (N-methyl/N-ethyl adjacent to an activating group) is 1. The van der Waals surface area contributed by atoms with Crippen molar-refractivity contribution in [3.63, 3.8) is 0 Å². The summed E-state index contributed by atoms with van der Waals surface area (Å²) in [6.45, 7) is 0.923. The first kappa shape index (κ1) is 14.4. The van der Waals surface area contributed by atoms with Gasteiger partial charge in [0.15, 0.2) is 17.2 Å². The topological polar surface area (TPSA) is 52.7 Å². The van der Waals surface area contributed by atoms with Gasteiger partial charge in [-0.05, 0) is 35.4 Å². The molecular weight excluding hydrogens is 278 g/mol. The maximum Gasteiger partial charge on any atom is 0.187 e. The Kier molecular flexibility index (Phi) is 3.75. The standard InChI is InChI=1S/C18H19NO3/c1-19-8-7-13-10-17(21)18(22-2)11-15(13)16(19)9-12-3-5-14(20)6-4-12/h3-6,10-11,20H,7-9H2,1-2H3/p+1. The van der Waals surface area contributed by atoms with E-state index in [0.717, 1.165) is 36.1 Å². The Morgan fingerprint density at radius 3 is 2.55 bits per heavy atom. The number of methoxy groups -OCH3 is 1. The number of ether oxygens (including phenoxy) is 1. The number of hydrogen-bond acceptors (Lipinski definition) is 3. The average molecular weight is 298 g/mol. The highest BCUT2D eigenvalue weighted by atomic mass is 16.5. The Labute approximate surface area is 129 Å². The van der Waals surface area contributed by atoms with Crippen LogP contribution in [0.1, 0.15) is 16.7 Å². The van der Waals surface area contributed by atoms with E-state index in [9.17, 15) is 10.2 Å². The minimum atomic E-state index is 0.190. The number of nitrogens with zero attached hydrogens (tertiary/aromatic N) is 1. The Hall–Kier alpha value is -2.49. The first-order valence-corrected chi connectivity index (χ1v) is 7.33. The third kappa shape index (κ3) is 2.64. The summed E-state index contributed by atoms with van der Waals surface area (Å²) in [7, 11) is 3.64. The fraction of sp³-hybridized carbons (Fsp3) is 0.278. The molecule has 4 nitrogen and oxygen atoms in total. The molecule has 2 aromatic carbocycles. The summed E-state index contributed by atoms with van der Waals surface area (Å²) in [6, 6.07) is 11.0. The van der Waals surface area contributed by atoms with E-state index in [1.807, 2.05) is 18.2 Å². The van der Waals surface area contributed by atoms with Crippen LogP contribution in [0.3, 0.4) is 0 Å². The van der Waals surface area contributed by atoms with Crippen LogP contribution < -0.4 is 4.74 Å². The van der Waals surface area contributed by atoms with Crippen LogP contribution in [-0.4, -0.2) is 41.2 Å². The smallest absolute Gasteiger partial charge is 0.187 e. The second kappa shape index (κ2) is 5.72. The second-order valence-electron chi connectivity index (χ2n) is 5.64. The van der Waals surface area contributed by atoms with Crippen LogP contribution in [0.25, 0.3) is 0 Å². The predicted molar refractivity (Wildman–Crippen MR) is 85.3 cm³/mol. The lowest BCUT2D eigenvalue weighted by molar-refractivity contribution is -0.498. The Balaban J connectivity index is 2.02. The molecule has 1 heterocycles. The SMILES string of the molecule is COc1cc2c(cc1O)CC[N+](C)=C2Cc1ccc(O)cc1. The number of aromatic hydroxyl groups is 2. The number of fused-ring (bicyclic) bond motifs is 1. The Morgan fingerprint density at radius 1 is 1.14 bits per heavy atom. The highest BCUT2D eigenvalue weighted by molar-refractivity contribution is 6.00. The normalized spacial score (nSPS) is 13.9. The van der Waals surface area contributed by atoms with Gasteiger partial charge in [-0.15, -0.1) is 0 Å². The monoisotopic (exact) mass is 298 g/mol. The van der Waals surface area contributed by atoms with Crippen molar-refractivity contribution in [3.05, 3.63) is 53.1 Å². The van der Waals surface area contributed by atoms with E-state index in [-0.39, 0.29) is 11.5 Å². The molecule has 4 heteroatoms. The number of rotatable bonds is 3. The molecule has 0 unspecified atom stereocenters. The molecule has 1 aliphatic heterocycles. The van der Waals surface area contributed by atoms with Gasteiger partial charge in [-0.2, -0.15) is 0 Å². The molecule has 2 aromatic rings. The average Bonchev–Trinajstić information content (AvgIpc) is 2.52. The first-order valence-electron chi connectivity index (χ1n) is 7.33. The summed E-state index contributed by atoms with van der Waals surface area (Å²) in [5.41, 5.74) is 4.60. The van der Waals surface area contributed by atoms with Crippen molar-refractivity contribution >= 4 is 5.71 Å². The zero-order chi connectivity index (χ0) is 15.7. The predicted octanol–water partition coefficient (Wildman–Crippen LogP) is 2.34. The molecule has 2 N–H and O–H groups in total. The molecule has 0 aliphatic carbocycles. The number of benzene rings is 2. The van der Waals surface area contributed by atoms with Gasteiger partial charge in [-0.3, -0.25) is 0 Å². The molecule has 0 aromatic heterocycles. The molecule has 0 fully saturated rings. The van der Waals surface area contributed by atoms with E-state index < -0.39 is 0 Å². The third-order valence-corrected chi connectivity index (χ3v) is 4.20. The molecule has 1 aliphatic rings. The maximum atomic E-state index is 9.96. The minimum Gasteiger partial charge on any atom is -0.508 e. The maximum absolute atomic E-state index is 9.96. The fourth-order valence-electron chi connectivity index (χ4n) is 2.92.